The molecule has 1 amide bonds. The van der Waals surface area contributed by atoms with Crippen LogP contribution in [-0.4, -0.2) is 67.5 Å². The predicted molar refractivity (Wildman–Crippen MR) is 54.4 cm³/mol. The Bertz CT molecular complexity index is 254. The van der Waals surface area contributed by atoms with Crippen molar-refractivity contribution < 1.29 is 23.1 Å². The van der Waals surface area contributed by atoms with Gasteiger partial charge in [0.2, 0.25) is 5.91 Å². The summed E-state index contributed by atoms with van der Waals surface area (Å²) in [5.74, 6) is -0.636. The number of nitrogens with zero attached hydrogens (tertiary/aromatic N) is 1. The smallest absolute Gasteiger partial charge is 0.395 e. The van der Waals surface area contributed by atoms with Crippen molar-refractivity contribution in [2.24, 2.45) is 0 Å². The normalized spacial score (nSPS) is 21.3. The van der Waals surface area contributed by atoms with Crippen LogP contribution in [-0.2, 0) is 4.79 Å². The number of carbonyl (C=O) groups is 1. The third kappa shape index (κ3) is 4.88. The highest BCUT2D eigenvalue weighted by Crippen LogP contribution is 2.16. The lowest BCUT2D eigenvalue weighted by Gasteiger charge is -2.30. The Hall–Kier alpha value is -0.860. The van der Waals surface area contributed by atoms with Crippen LogP contribution in [0.2, 0.25) is 0 Å². The Morgan fingerprint density at radius 1 is 1.41 bits per heavy atom. The van der Waals surface area contributed by atoms with Crippen LogP contribution in [0.25, 0.3) is 0 Å². The van der Waals surface area contributed by atoms with Crippen LogP contribution in [0.15, 0.2) is 0 Å². The number of hydrogen-bond donors (Lipinski definition) is 3. The van der Waals surface area contributed by atoms with E-state index >= 15 is 0 Å². The zero-order valence-electron chi connectivity index (χ0n) is 9.26. The van der Waals surface area contributed by atoms with Crippen LogP contribution in [0.1, 0.15) is 0 Å². The minimum absolute atomic E-state index is 0.304. The van der Waals surface area contributed by atoms with Gasteiger partial charge in [0.05, 0.1) is 12.6 Å². The first-order valence-corrected chi connectivity index (χ1v) is 5.34. The van der Waals surface area contributed by atoms with Gasteiger partial charge in [0, 0.05) is 26.2 Å². The molecule has 0 bridgehead atoms. The van der Waals surface area contributed by atoms with Crippen molar-refractivity contribution in [1.29, 1.82) is 0 Å². The molecule has 1 fully saturated rings. The largest absolute Gasteiger partial charge is 0.406 e. The number of piperazine rings is 1. The summed E-state index contributed by atoms with van der Waals surface area (Å²) in [4.78, 5) is 12.4. The standard InChI is InChI=1S/C9H16F3N3O2/c10-9(11,12)6-15(3-4-16)8(17)7-5-13-1-2-14-7/h7,13-14,16H,1-6H2. The van der Waals surface area contributed by atoms with Gasteiger partial charge in [0.25, 0.3) is 0 Å². The Kier molecular flexibility index (Phi) is 5.16. The Morgan fingerprint density at radius 2 is 2.12 bits per heavy atom. The average molecular weight is 255 g/mol. The second kappa shape index (κ2) is 6.18. The van der Waals surface area contributed by atoms with Crippen molar-refractivity contribution in [2.75, 3.05) is 39.3 Å². The fourth-order valence-electron chi connectivity index (χ4n) is 1.65. The third-order valence-corrected chi connectivity index (χ3v) is 2.39. The molecule has 1 aliphatic rings. The van der Waals surface area contributed by atoms with E-state index in [1.807, 2.05) is 0 Å². The van der Waals surface area contributed by atoms with E-state index < -0.39 is 31.3 Å². The molecule has 100 valence electrons. The molecule has 5 nitrogen and oxygen atoms in total. The summed E-state index contributed by atoms with van der Waals surface area (Å²) >= 11 is 0. The summed E-state index contributed by atoms with van der Waals surface area (Å²) in [6.45, 7) is -0.597. The van der Waals surface area contributed by atoms with Crippen molar-refractivity contribution in [2.45, 2.75) is 12.2 Å². The number of alkyl halides is 3. The van der Waals surface area contributed by atoms with Crippen LogP contribution in [0.4, 0.5) is 13.2 Å². The maximum atomic E-state index is 12.2. The molecule has 0 spiro atoms. The van der Waals surface area contributed by atoms with Gasteiger partial charge in [-0.3, -0.25) is 4.79 Å². The molecule has 0 aromatic rings. The number of hydrogen-bond acceptors (Lipinski definition) is 4. The lowest BCUT2D eigenvalue weighted by Crippen LogP contribution is -2.58. The van der Waals surface area contributed by atoms with E-state index in [-0.39, 0.29) is 6.54 Å². The van der Waals surface area contributed by atoms with Crippen molar-refractivity contribution in [3.63, 3.8) is 0 Å². The molecule has 1 saturated heterocycles. The van der Waals surface area contributed by atoms with Crippen LogP contribution in [0, 0.1) is 0 Å². The summed E-state index contributed by atoms with van der Waals surface area (Å²) in [6, 6.07) is -0.655. The van der Waals surface area contributed by atoms with Gasteiger partial charge in [-0.2, -0.15) is 13.2 Å². The molecule has 0 radical (unpaired) electrons. The predicted octanol–water partition coefficient (Wildman–Crippen LogP) is -1.07. The number of nitrogens with one attached hydrogen (secondary N) is 2. The molecule has 0 aromatic heterocycles. The summed E-state index contributed by atoms with van der Waals surface area (Å²) < 4.78 is 36.7. The first-order chi connectivity index (χ1) is 7.94. The maximum absolute atomic E-state index is 12.2. The van der Waals surface area contributed by atoms with Crippen LogP contribution < -0.4 is 10.6 Å². The number of halogens is 3. The quantitative estimate of drug-likeness (QED) is 0.598. The highest BCUT2D eigenvalue weighted by Gasteiger charge is 2.35. The highest BCUT2D eigenvalue weighted by atomic mass is 19.4. The molecule has 0 aromatic carbocycles. The minimum atomic E-state index is -4.45. The van der Waals surface area contributed by atoms with Crippen molar-refractivity contribution >= 4 is 5.91 Å². The zero-order valence-corrected chi connectivity index (χ0v) is 9.26. The van der Waals surface area contributed by atoms with Crippen molar-refractivity contribution in [3.05, 3.63) is 0 Å². The third-order valence-electron chi connectivity index (χ3n) is 2.39. The van der Waals surface area contributed by atoms with E-state index in [9.17, 15) is 18.0 Å². The van der Waals surface area contributed by atoms with Gasteiger partial charge in [0.15, 0.2) is 0 Å². The fourth-order valence-corrected chi connectivity index (χ4v) is 1.65. The van der Waals surface area contributed by atoms with E-state index in [2.05, 4.69) is 10.6 Å². The Morgan fingerprint density at radius 3 is 2.59 bits per heavy atom. The van der Waals surface area contributed by atoms with Gasteiger partial charge in [-0.1, -0.05) is 0 Å². The second-order valence-electron chi connectivity index (χ2n) is 3.81. The van der Waals surface area contributed by atoms with Gasteiger partial charge < -0.3 is 20.6 Å². The molecule has 17 heavy (non-hydrogen) atoms. The first kappa shape index (κ1) is 14.2. The maximum Gasteiger partial charge on any atom is 0.406 e. The molecule has 0 saturated carbocycles. The number of rotatable bonds is 4. The fraction of sp³-hybridized carbons (Fsp3) is 0.889. The Labute approximate surface area is 97.0 Å². The van der Waals surface area contributed by atoms with E-state index in [0.717, 1.165) is 0 Å². The average Bonchev–Trinajstić information content (AvgIpc) is 2.27. The molecule has 1 rings (SSSR count). The number of aliphatic hydroxyl groups is 1. The van der Waals surface area contributed by atoms with Crippen LogP contribution in [0.3, 0.4) is 0 Å². The van der Waals surface area contributed by atoms with Gasteiger partial charge in [-0.05, 0) is 0 Å². The first-order valence-electron chi connectivity index (χ1n) is 5.34. The molecule has 1 aliphatic heterocycles. The topological polar surface area (TPSA) is 64.6 Å². The molecule has 1 heterocycles. The monoisotopic (exact) mass is 255 g/mol. The summed E-state index contributed by atoms with van der Waals surface area (Å²) in [5.41, 5.74) is 0. The van der Waals surface area contributed by atoms with Crippen molar-refractivity contribution in [3.8, 4) is 0 Å². The summed E-state index contributed by atoms with van der Waals surface area (Å²) in [7, 11) is 0. The molecule has 1 atom stereocenters. The number of carbonyl (C=O) groups excluding carboxylic acids is 1. The molecule has 3 N–H and O–H groups in total. The molecule has 1 unspecified atom stereocenters. The number of amides is 1. The minimum Gasteiger partial charge on any atom is -0.395 e. The zero-order chi connectivity index (χ0) is 12.9. The lowest BCUT2D eigenvalue weighted by atomic mass is 10.2. The summed E-state index contributed by atoms with van der Waals surface area (Å²) in [5, 5.41) is 14.4. The van der Waals surface area contributed by atoms with Crippen molar-refractivity contribution in [1.82, 2.24) is 15.5 Å². The molecule has 0 aliphatic carbocycles. The van der Waals surface area contributed by atoms with Gasteiger partial charge >= 0.3 is 6.18 Å². The van der Waals surface area contributed by atoms with Gasteiger partial charge in [0.1, 0.15) is 6.54 Å². The van der Waals surface area contributed by atoms with E-state index in [4.69, 9.17) is 5.11 Å². The summed E-state index contributed by atoms with van der Waals surface area (Å²) in [6.07, 6.45) is -4.45. The SMILES string of the molecule is O=C(C1CNCCN1)N(CCO)CC(F)(F)F. The van der Waals surface area contributed by atoms with E-state index in [0.29, 0.717) is 24.5 Å². The lowest BCUT2D eigenvalue weighted by molar-refractivity contribution is -0.163. The second-order valence-corrected chi connectivity index (χ2v) is 3.81. The molecular weight excluding hydrogens is 239 g/mol. The van der Waals surface area contributed by atoms with Crippen LogP contribution in [0.5, 0.6) is 0 Å². The van der Waals surface area contributed by atoms with Crippen LogP contribution >= 0.6 is 0 Å². The Balaban J connectivity index is 2.58. The van der Waals surface area contributed by atoms with E-state index in [1.54, 1.807) is 0 Å². The highest BCUT2D eigenvalue weighted by molar-refractivity contribution is 5.82. The van der Waals surface area contributed by atoms with E-state index in [1.165, 1.54) is 0 Å². The van der Waals surface area contributed by atoms with Gasteiger partial charge in [-0.15, -0.1) is 0 Å². The number of aliphatic hydroxyl groups excluding tert-OH is 1. The molecular formula is C9H16F3N3O2. The molecule has 8 heteroatoms. The van der Waals surface area contributed by atoms with Gasteiger partial charge in [-0.25, -0.2) is 0 Å².